The number of unbranched alkanes of at least 4 members (excludes halogenated alkanes) is 1. The molecule has 3 atom stereocenters. The number of allylic oxidation sites excluding steroid dienone is 2. The van der Waals surface area contributed by atoms with E-state index in [1.54, 1.807) is 14.2 Å². The van der Waals surface area contributed by atoms with Gasteiger partial charge >= 0.3 is 5.97 Å². The smallest absolute Gasteiger partial charge is 0.315 e. The van der Waals surface area contributed by atoms with Crippen molar-refractivity contribution in [3.8, 4) is 11.5 Å². The molecule has 0 bridgehead atoms. The van der Waals surface area contributed by atoms with Gasteiger partial charge < -0.3 is 14.2 Å². The monoisotopic (exact) mass is 489 g/mol. The van der Waals surface area contributed by atoms with E-state index in [4.69, 9.17) is 19.2 Å². The molecule has 1 aliphatic heterocycles. The highest BCUT2D eigenvalue weighted by molar-refractivity contribution is 6.09. The largest absolute Gasteiger partial charge is 0.493 e. The van der Waals surface area contributed by atoms with E-state index in [1.165, 1.54) is 0 Å². The first-order valence-electron chi connectivity index (χ1n) is 12.6. The average Bonchev–Trinajstić information content (AvgIpc) is 2.87. The molecule has 6 heteroatoms. The number of esters is 1. The lowest BCUT2D eigenvalue weighted by Gasteiger charge is -2.37. The summed E-state index contributed by atoms with van der Waals surface area (Å²) in [5.74, 6) is -0.0172. The minimum absolute atomic E-state index is 0.0295. The number of carbonyl (C=O) groups is 2. The third kappa shape index (κ3) is 4.95. The summed E-state index contributed by atoms with van der Waals surface area (Å²) < 4.78 is 16.5. The van der Waals surface area contributed by atoms with Gasteiger partial charge in [-0.2, -0.15) is 0 Å². The van der Waals surface area contributed by atoms with E-state index in [-0.39, 0.29) is 17.7 Å². The Labute approximate surface area is 213 Å². The van der Waals surface area contributed by atoms with Crippen LogP contribution < -0.4 is 9.47 Å². The minimum atomic E-state index is -0.608. The Hall–Kier alpha value is -3.41. The number of ether oxygens (including phenoxy) is 3. The highest BCUT2D eigenvalue weighted by atomic mass is 16.5. The van der Waals surface area contributed by atoms with E-state index < -0.39 is 11.8 Å². The molecule has 0 saturated carbocycles. The Balaban J connectivity index is 1.75. The van der Waals surface area contributed by atoms with Crippen LogP contribution in [0.5, 0.6) is 11.5 Å². The van der Waals surface area contributed by atoms with Gasteiger partial charge in [0.05, 0.1) is 20.8 Å². The Morgan fingerprint density at radius 2 is 1.78 bits per heavy atom. The number of rotatable bonds is 8. The lowest BCUT2D eigenvalue weighted by atomic mass is 9.68. The predicted molar refractivity (Wildman–Crippen MR) is 140 cm³/mol. The van der Waals surface area contributed by atoms with E-state index in [2.05, 4.69) is 6.92 Å². The number of benzene rings is 2. The average molecular weight is 490 g/mol. The van der Waals surface area contributed by atoms with Gasteiger partial charge in [0.25, 0.3) is 0 Å². The standard InChI is InChI=1S/C30H35NO5/c1-6-7-14-36-30(33)27-19(3)31-23-15-21(20-12-13-25(34-4)26(17-20)35-5)16-24(32)29(23)28(27)22-11-9-8-10-18(22)2/h8-13,17,21,27-28H,6-7,14-16H2,1-5H3/t21-,27?,28-/m1/s1. The molecule has 0 fully saturated rings. The van der Waals surface area contributed by atoms with E-state index in [1.807, 2.05) is 56.3 Å². The third-order valence-corrected chi connectivity index (χ3v) is 7.29. The van der Waals surface area contributed by atoms with Gasteiger partial charge in [0, 0.05) is 29.3 Å². The van der Waals surface area contributed by atoms with Crippen LogP contribution in [0.2, 0.25) is 0 Å². The zero-order chi connectivity index (χ0) is 25.8. The molecule has 0 radical (unpaired) electrons. The van der Waals surface area contributed by atoms with Crippen molar-refractivity contribution in [2.75, 3.05) is 20.8 Å². The van der Waals surface area contributed by atoms with Crippen LogP contribution in [-0.2, 0) is 14.3 Å². The van der Waals surface area contributed by atoms with Gasteiger partial charge in [-0.15, -0.1) is 0 Å². The topological polar surface area (TPSA) is 74.2 Å². The van der Waals surface area contributed by atoms with Gasteiger partial charge in [-0.1, -0.05) is 43.7 Å². The summed E-state index contributed by atoms with van der Waals surface area (Å²) in [5.41, 5.74) is 5.16. The van der Waals surface area contributed by atoms with Crippen molar-refractivity contribution in [1.82, 2.24) is 0 Å². The van der Waals surface area contributed by atoms with Crippen LogP contribution in [0.1, 0.15) is 68.1 Å². The van der Waals surface area contributed by atoms with Crippen molar-refractivity contribution in [3.05, 3.63) is 70.4 Å². The number of aryl methyl sites for hydroxylation is 1. The molecular formula is C30H35NO5. The lowest BCUT2D eigenvalue weighted by Crippen LogP contribution is -2.38. The SMILES string of the molecule is CCCCOC(=O)C1C(C)=NC2=C(C(=O)C[C@H](c3ccc(OC)c(OC)c3)C2)[C@@H]1c1ccccc1C. The van der Waals surface area contributed by atoms with Gasteiger partial charge in [-0.3, -0.25) is 14.6 Å². The van der Waals surface area contributed by atoms with Gasteiger partial charge in [0.2, 0.25) is 0 Å². The summed E-state index contributed by atoms with van der Waals surface area (Å²) in [6.45, 7) is 6.34. The van der Waals surface area contributed by atoms with Gasteiger partial charge in [0.15, 0.2) is 17.3 Å². The van der Waals surface area contributed by atoms with Crippen molar-refractivity contribution in [1.29, 1.82) is 0 Å². The maximum Gasteiger partial charge on any atom is 0.315 e. The highest BCUT2D eigenvalue weighted by Crippen LogP contribution is 2.48. The Bertz CT molecular complexity index is 1210. The molecular weight excluding hydrogens is 454 g/mol. The number of carbonyl (C=O) groups excluding carboxylic acids is 2. The summed E-state index contributed by atoms with van der Waals surface area (Å²) >= 11 is 0. The zero-order valence-corrected chi connectivity index (χ0v) is 21.8. The van der Waals surface area contributed by atoms with Crippen molar-refractivity contribution >= 4 is 17.5 Å². The van der Waals surface area contributed by atoms with Crippen LogP contribution in [0.4, 0.5) is 0 Å². The Morgan fingerprint density at radius 3 is 2.47 bits per heavy atom. The molecule has 1 unspecified atom stereocenters. The fraction of sp³-hybridized carbons (Fsp3) is 0.433. The number of Topliss-reactive ketones (excluding diaryl/α,β-unsaturated/α-hetero) is 1. The lowest BCUT2D eigenvalue weighted by molar-refractivity contribution is -0.146. The molecule has 1 aliphatic carbocycles. The van der Waals surface area contributed by atoms with Crippen LogP contribution in [0, 0.1) is 12.8 Å². The third-order valence-electron chi connectivity index (χ3n) is 7.29. The first kappa shape index (κ1) is 25.7. The number of nitrogens with zero attached hydrogens (tertiary/aromatic N) is 1. The zero-order valence-electron chi connectivity index (χ0n) is 21.8. The van der Waals surface area contributed by atoms with Gasteiger partial charge in [-0.25, -0.2) is 0 Å². The van der Waals surface area contributed by atoms with Crippen molar-refractivity contribution < 1.29 is 23.8 Å². The normalized spacial score (nSPS) is 21.5. The van der Waals surface area contributed by atoms with Gasteiger partial charge in [0.1, 0.15) is 5.92 Å². The summed E-state index contributed by atoms with van der Waals surface area (Å²) in [5, 5.41) is 0. The Kier molecular flexibility index (Phi) is 7.92. The second-order valence-corrected chi connectivity index (χ2v) is 9.59. The van der Waals surface area contributed by atoms with Crippen LogP contribution in [-0.4, -0.2) is 38.3 Å². The molecule has 0 amide bonds. The van der Waals surface area contributed by atoms with E-state index in [0.717, 1.165) is 35.2 Å². The maximum absolute atomic E-state index is 13.8. The molecule has 36 heavy (non-hydrogen) atoms. The molecule has 6 nitrogen and oxygen atoms in total. The Morgan fingerprint density at radius 1 is 1.03 bits per heavy atom. The van der Waals surface area contributed by atoms with Crippen LogP contribution in [0.25, 0.3) is 0 Å². The first-order valence-corrected chi connectivity index (χ1v) is 12.6. The number of hydrogen-bond acceptors (Lipinski definition) is 6. The van der Waals surface area contributed by atoms with Crippen LogP contribution in [0.15, 0.2) is 58.7 Å². The molecule has 0 N–H and O–H groups in total. The molecule has 0 aromatic heterocycles. The highest BCUT2D eigenvalue weighted by Gasteiger charge is 2.45. The fourth-order valence-corrected chi connectivity index (χ4v) is 5.39. The molecule has 2 aromatic carbocycles. The molecule has 0 saturated heterocycles. The number of ketones is 1. The van der Waals surface area contributed by atoms with Crippen LogP contribution >= 0.6 is 0 Å². The molecule has 2 aliphatic rings. The van der Waals surface area contributed by atoms with E-state index in [0.29, 0.717) is 42.2 Å². The van der Waals surface area contributed by atoms with Crippen molar-refractivity contribution in [3.63, 3.8) is 0 Å². The van der Waals surface area contributed by atoms with Crippen molar-refractivity contribution in [2.24, 2.45) is 10.9 Å². The second kappa shape index (κ2) is 11.1. The minimum Gasteiger partial charge on any atom is -0.493 e. The predicted octanol–water partition coefficient (Wildman–Crippen LogP) is 5.93. The first-order chi connectivity index (χ1) is 17.4. The molecule has 0 spiro atoms. The number of aliphatic imine (C=N–C) groups is 1. The van der Waals surface area contributed by atoms with E-state index >= 15 is 0 Å². The quantitative estimate of drug-likeness (QED) is 0.339. The second-order valence-electron chi connectivity index (χ2n) is 9.59. The van der Waals surface area contributed by atoms with Crippen molar-refractivity contribution in [2.45, 2.75) is 58.3 Å². The molecule has 4 rings (SSSR count). The summed E-state index contributed by atoms with van der Waals surface area (Å²) in [6, 6.07) is 13.8. The van der Waals surface area contributed by atoms with Crippen LogP contribution in [0.3, 0.4) is 0 Å². The summed E-state index contributed by atoms with van der Waals surface area (Å²) in [7, 11) is 3.21. The summed E-state index contributed by atoms with van der Waals surface area (Å²) in [4.78, 5) is 32.0. The molecule has 1 heterocycles. The fourth-order valence-electron chi connectivity index (χ4n) is 5.39. The van der Waals surface area contributed by atoms with Gasteiger partial charge in [-0.05, 0) is 61.4 Å². The molecule has 190 valence electrons. The number of hydrogen-bond donors (Lipinski definition) is 0. The number of methoxy groups -OCH3 is 2. The maximum atomic E-state index is 13.8. The van der Waals surface area contributed by atoms with E-state index in [9.17, 15) is 9.59 Å². The summed E-state index contributed by atoms with van der Waals surface area (Å²) in [6.07, 6.45) is 2.72. The molecule has 2 aromatic rings.